The summed E-state index contributed by atoms with van der Waals surface area (Å²) in [5.74, 6) is 0.434. The van der Waals surface area contributed by atoms with Gasteiger partial charge in [-0.05, 0) is 51.5 Å². The Morgan fingerprint density at radius 1 is 1.33 bits per heavy atom. The molecule has 3 fully saturated rings. The minimum Gasteiger partial charge on any atom is -0.379 e. The molecule has 0 spiro atoms. The first kappa shape index (κ1) is 15.7. The fourth-order valence-corrected chi connectivity index (χ4v) is 4.85. The standard InChI is InChI=1S/C14H27N3O3S/c1-14(6-8-20-11-14)16-21(18,19)17-7-2-3-12(10-17)9-15-13-4-5-13/h12-13,15-16H,2-11H2,1H3. The van der Waals surface area contributed by atoms with Crippen molar-refractivity contribution in [3.63, 3.8) is 0 Å². The van der Waals surface area contributed by atoms with Gasteiger partial charge in [0.1, 0.15) is 0 Å². The zero-order valence-corrected chi connectivity index (χ0v) is 13.6. The minimum atomic E-state index is -3.41. The largest absolute Gasteiger partial charge is 0.379 e. The molecule has 21 heavy (non-hydrogen) atoms. The highest BCUT2D eigenvalue weighted by molar-refractivity contribution is 7.87. The van der Waals surface area contributed by atoms with Crippen molar-refractivity contribution in [3.8, 4) is 0 Å². The second kappa shape index (κ2) is 6.12. The van der Waals surface area contributed by atoms with Gasteiger partial charge in [0.25, 0.3) is 10.2 Å². The van der Waals surface area contributed by atoms with E-state index in [0.29, 0.717) is 38.3 Å². The predicted molar refractivity (Wildman–Crippen MR) is 81.2 cm³/mol. The minimum absolute atomic E-state index is 0.434. The molecule has 122 valence electrons. The lowest BCUT2D eigenvalue weighted by Crippen LogP contribution is -2.54. The van der Waals surface area contributed by atoms with E-state index in [4.69, 9.17) is 4.74 Å². The maximum atomic E-state index is 12.6. The summed E-state index contributed by atoms with van der Waals surface area (Å²) >= 11 is 0. The number of nitrogens with zero attached hydrogens (tertiary/aromatic N) is 1. The average Bonchev–Trinajstić information content (AvgIpc) is 3.18. The molecule has 1 saturated carbocycles. The van der Waals surface area contributed by atoms with Crippen LogP contribution in [0.15, 0.2) is 0 Å². The highest BCUT2D eigenvalue weighted by atomic mass is 32.2. The highest BCUT2D eigenvalue weighted by Gasteiger charge is 2.38. The van der Waals surface area contributed by atoms with Crippen LogP contribution in [0.3, 0.4) is 0 Å². The van der Waals surface area contributed by atoms with Gasteiger partial charge in [0.05, 0.1) is 12.1 Å². The average molecular weight is 317 g/mol. The van der Waals surface area contributed by atoms with Gasteiger partial charge in [-0.2, -0.15) is 17.4 Å². The number of hydrogen-bond donors (Lipinski definition) is 2. The molecule has 3 rings (SSSR count). The third-order valence-corrected chi connectivity index (χ3v) is 6.45. The van der Waals surface area contributed by atoms with Crippen LogP contribution in [0.5, 0.6) is 0 Å². The first-order chi connectivity index (χ1) is 9.97. The van der Waals surface area contributed by atoms with Crippen molar-refractivity contribution in [1.82, 2.24) is 14.3 Å². The van der Waals surface area contributed by atoms with E-state index in [1.807, 2.05) is 6.92 Å². The van der Waals surface area contributed by atoms with Crippen molar-refractivity contribution in [1.29, 1.82) is 0 Å². The maximum Gasteiger partial charge on any atom is 0.280 e. The van der Waals surface area contributed by atoms with E-state index in [9.17, 15) is 8.42 Å². The van der Waals surface area contributed by atoms with Crippen LogP contribution in [-0.2, 0) is 14.9 Å². The van der Waals surface area contributed by atoms with Gasteiger partial charge in [-0.3, -0.25) is 0 Å². The lowest BCUT2D eigenvalue weighted by Gasteiger charge is -2.34. The lowest BCUT2D eigenvalue weighted by atomic mass is 10.00. The van der Waals surface area contributed by atoms with E-state index in [2.05, 4.69) is 10.0 Å². The molecule has 0 bridgehead atoms. The Kier molecular flexibility index (Phi) is 4.57. The Hall–Kier alpha value is -0.210. The second-order valence-corrected chi connectivity index (χ2v) is 8.69. The van der Waals surface area contributed by atoms with Crippen LogP contribution >= 0.6 is 0 Å². The molecule has 3 aliphatic rings. The van der Waals surface area contributed by atoms with Crippen molar-refractivity contribution in [3.05, 3.63) is 0 Å². The van der Waals surface area contributed by atoms with E-state index in [1.165, 1.54) is 12.8 Å². The monoisotopic (exact) mass is 317 g/mol. The fourth-order valence-electron chi connectivity index (χ4n) is 3.16. The van der Waals surface area contributed by atoms with Gasteiger partial charge in [-0.1, -0.05) is 0 Å². The Labute approximate surface area is 127 Å². The molecular formula is C14H27N3O3S. The molecule has 0 amide bonds. The number of piperidine rings is 1. The highest BCUT2D eigenvalue weighted by Crippen LogP contribution is 2.24. The van der Waals surface area contributed by atoms with Crippen LogP contribution in [0.25, 0.3) is 0 Å². The molecule has 1 aliphatic carbocycles. The van der Waals surface area contributed by atoms with E-state index >= 15 is 0 Å². The van der Waals surface area contributed by atoms with Crippen LogP contribution in [0, 0.1) is 5.92 Å². The molecule has 7 heteroatoms. The molecule has 2 N–H and O–H groups in total. The third kappa shape index (κ3) is 4.16. The second-order valence-electron chi connectivity index (χ2n) is 7.02. The molecule has 2 heterocycles. The Morgan fingerprint density at radius 2 is 2.14 bits per heavy atom. The normalized spacial score (nSPS) is 35.2. The molecule has 2 saturated heterocycles. The summed E-state index contributed by atoms with van der Waals surface area (Å²) < 4.78 is 35.0. The summed E-state index contributed by atoms with van der Waals surface area (Å²) in [4.78, 5) is 0. The molecular weight excluding hydrogens is 290 g/mol. The zero-order valence-electron chi connectivity index (χ0n) is 12.8. The summed E-state index contributed by atoms with van der Waals surface area (Å²) in [6, 6.07) is 0.685. The van der Waals surface area contributed by atoms with Crippen molar-refractivity contribution in [2.45, 2.75) is 50.6 Å². The maximum absolute atomic E-state index is 12.6. The summed E-state index contributed by atoms with van der Waals surface area (Å²) in [6.45, 7) is 5.22. The SMILES string of the molecule is CC1(NS(=O)(=O)N2CCCC(CNC3CC3)C2)CCOC1. The van der Waals surface area contributed by atoms with E-state index in [1.54, 1.807) is 4.31 Å². The predicted octanol–water partition coefficient (Wildman–Crippen LogP) is 0.464. The summed E-state index contributed by atoms with van der Waals surface area (Å²) in [5, 5.41) is 3.52. The van der Waals surface area contributed by atoms with Gasteiger partial charge in [-0.25, -0.2) is 0 Å². The molecule has 2 atom stereocenters. The van der Waals surface area contributed by atoms with E-state index in [0.717, 1.165) is 25.8 Å². The van der Waals surface area contributed by atoms with Crippen LogP contribution < -0.4 is 10.0 Å². The number of ether oxygens (including phenoxy) is 1. The lowest BCUT2D eigenvalue weighted by molar-refractivity contribution is 0.176. The van der Waals surface area contributed by atoms with Crippen molar-refractivity contribution in [2.24, 2.45) is 5.92 Å². The molecule has 2 unspecified atom stereocenters. The zero-order chi connectivity index (χ0) is 14.9. The number of hydrogen-bond acceptors (Lipinski definition) is 4. The quantitative estimate of drug-likeness (QED) is 0.747. The third-order valence-electron chi connectivity index (χ3n) is 4.69. The van der Waals surface area contributed by atoms with Crippen LogP contribution in [0.4, 0.5) is 0 Å². The summed E-state index contributed by atoms with van der Waals surface area (Å²) in [5.41, 5.74) is -0.446. The smallest absolute Gasteiger partial charge is 0.280 e. The van der Waals surface area contributed by atoms with E-state index in [-0.39, 0.29) is 0 Å². The van der Waals surface area contributed by atoms with Crippen molar-refractivity contribution < 1.29 is 13.2 Å². The molecule has 0 aromatic rings. The van der Waals surface area contributed by atoms with Crippen LogP contribution in [-0.4, -0.2) is 57.2 Å². The van der Waals surface area contributed by atoms with Gasteiger partial charge >= 0.3 is 0 Å². The molecule has 0 radical (unpaired) electrons. The molecule has 2 aliphatic heterocycles. The topological polar surface area (TPSA) is 70.7 Å². The van der Waals surface area contributed by atoms with Gasteiger partial charge in [0.15, 0.2) is 0 Å². The summed E-state index contributed by atoms with van der Waals surface area (Å²) in [6.07, 6.45) is 5.35. The van der Waals surface area contributed by atoms with Gasteiger partial charge in [0, 0.05) is 25.7 Å². The number of nitrogens with one attached hydrogen (secondary N) is 2. The van der Waals surface area contributed by atoms with Gasteiger partial charge in [0.2, 0.25) is 0 Å². The van der Waals surface area contributed by atoms with Crippen molar-refractivity contribution in [2.75, 3.05) is 32.8 Å². The van der Waals surface area contributed by atoms with Crippen LogP contribution in [0.1, 0.15) is 39.0 Å². The first-order valence-corrected chi connectivity index (χ1v) is 9.51. The first-order valence-electron chi connectivity index (χ1n) is 8.07. The fraction of sp³-hybridized carbons (Fsp3) is 1.00. The van der Waals surface area contributed by atoms with Gasteiger partial charge in [-0.15, -0.1) is 0 Å². The van der Waals surface area contributed by atoms with Crippen LogP contribution in [0.2, 0.25) is 0 Å². The van der Waals surface area contributed by atoms with Gasteiger partial charge < -0.3 is 10.1 Å². The molecule has 0 aromatic carbocycles. The molecule has 0 aromatic heterocycles. The Balaban J connectivity index is 1.55. The summed E-state index contributed by atoms with van der Waals surface area (Å²) in [7, 11) is -3.41. The van der Waals surface area contributed by atoms with E-state index < -0.39 is 15.7 Å². The number of rotatable bonds is 6. The van der Waals surface area contributed by atoms with Crippen molar-refractivity contribution >= 4 is 10.2 Å². The Bertz CT molecular complexity index is 458. The molecule has 6 nitrogen and oxygen atoms in total. The Morgan fingerprint density at radius 3 is 2.81 bits per heavy atom.